The third kappa shape index (κ3) is 4.49. The standard InChI is InChI=1S/C18H18ClN3O2/c19-17-3-1-2-14(10-17)4-5-18(23)20-7-8-22-12-16(11-21-22)15-6-9-24-13-15/h1-3,6,9-13H,4-5,7-8H2,(H,20,23). The summed E-state index contributed by atoms with van der Waals surface area (Å²) in [7, 11) is 0. The number of nitrogens with one attached hydrogen (secondary N) is 1. The summed E-state index contributed by atoms with van der Waals surface area (Å²) in [5, 5.41) is 7.88. The largest absolute Gasteiger partial charge is 0.472 e. The van der Waals surface area contributed by atoms with Crippen molar-refractivity contribution in [2.75, 3.05) is 6.54 Å². The first-order valence-electron chi connectivity index (χ1n) is 7.77. The zero-order valence-electron chi connectivity index (χ0n) is 13.1. The van der Waals surface area contributed by atoms with Gasteiger partial charge in [-0.1, -0.05) is 23.7 Å². The van der Waals surface area contributed by atoms with E-state index in [2.05, 4.69) is 10.4 Å². The molecule has 0 fully saturated rings. The second-order valence-electron chi connectivity index (χ2n) is 5.48. The second-order valence-corrected chi connectivity index (χ2v) is 5.92. The van der Waals surface area contributed by atoms with Gasteiger partial charge in [0.1, 0.15) is 0 Å². The van der Waals surface area contributed by atoms with Gasteiger partial charge in [0.2, 0.25) is 5.91 Å². The van der Waals surface area contributed by atoms with Gasteiger partial charge in [-0.2, -0.15) is 5.10 Å². The summed E-state index contributed by atoms with van der Waals surface area (Å²) >= 11 is 5.93. The van der Waals surface area contributed by atoms with Crippen LogP contribution in [0.4, 0.5) is 0 Å². The van der Waals surface area contributed by atoms with Crippen molar-refractivity contribution in [3.8, 4) is 11.1 Å². The first-order chi connectivity index (χ1) is 11.7. The van der Waals surface area contributed by atoms with Crippen molar-refractivity contribution < 1.29 is 9.21 Å². The van der Waals surface area contributed by atoms with Crippen molar-refractivity contribution in [1.82, 2.24) is 15.1 Å². The van der Waals surface area contributed by atoms with Crippen molar-refractivity contribution in [2.24, 2.45) is 0 Å². The molecule has 5 nitrogen and oxygen atoms in total. The van der Waals surface area contributed by atoms with E-state index < -0.39 is 0 Å². The van der Waals surface area contributed by atoms with Crippen LogP contribution in [0.15, 0.2) is 59.7 Å². The highest BCUT2D eigenvalue weighted by Crippen LogP contribution is 2.18. The first kappa shape index (κ1) is 16.3. The molecule has 2 heterocycles. The molecule has 0 bridgehead atoms. The molecule has 6 heteroatoms. The number of furan rings is 1. The number of benzene rings is 1. The fourth-order valence-corrected chi connectivity index (χ4v) is 2.63. The Labute approximate surface area is 145 Å². The molecule has 1 aromatic carbocycles. The van der Waals surface area contributed by atoms with E-state index in [9.17, 15) is 4.79 Å². The Hall–Kier alpha value is -2.53. The quantitative estimate of drug-likeness (QED) is 0.713. The normalized spacial score (nSPS) is 10.7. The molecule has 0 saturated heterocycles. The highest BCUT2D eigenvalue weighted by Gasteiger charge is 2.05. The molecule has 0 aliphatic carbocycles. The number of aromatic nitrogens is 2. The SMILES string of the molecule is O=C(CCc1cccc(Cl)c1)NCCn1cc(-c2ccoc2)cn1. The maximum Gasteiger partial charge on any atom is 0.220 e. The van der Waals surface area contributed by atoms with Crippen LogP contribution in [-0.4, -0.2) is 22.2 Å². The van der Waals surface area contributed by atoms with Crippen LogP contribution in [0, 0.1) is 0 Å². The lowest BCUT2D eigenvalue weighted by Crippen LogP contribution is -2.27. The van der Waals surface area contributed by atoms with Crippen LogP contribution in [0.1, 0.15) is 12.0 Å². The predicted octanol–water partition coefficient (Wildman–Crippen LogP) is 3.55. The summed E-state index contributed by atoms with van der Waals surface area (Å²) in [4.78, 5) is 11.9. The first-order valence-corrected chi connectivity index (χ1v) is 8.15. The number of hydrogen-bond donors (Lipinski definition) is 1. The van der Waals surface area contributed by atoms with Crippen molar-refractivity contribution in [1.29, 1.82) is 0 Å². The Bertz CT molecular complexity index is 796. The minimum atomic E-state index is 0.0252. The summed E-state index contributed by atoms with van der Waals surface area (Å²) in [5.41, 5.74) is 3.05. The molecule has 1 amide bonds. The highest BCUT2D eigenvalue weighted by molar-refractivity contribution is 6.30. The summed E-state index contributed by atoms with van der Waals surface area (Å²) < 4.78 is 6.86. The van der Waals surface area contributed by atoms with Gasteiger partial charge in [-0.05, 0) is 30.2 Å². The number of hydrogen-bond acceptors (Lipinski definition) is 3. The topological polar surface area (TPSA) is 60.1 Å². The van der Waals surface area contributed by atoms with E-state index in [1.807, 2.05) is 36.5 Å². The Morgan fingerprint density at radius 3 is 3.00 bits per heavy atom. The van der Waals surface area contributed by atoms with E-state index in [0.29, 0.717) is 31.0 Å². The van der Waals surface area contributed by atoms with Crippen LogP contribution in [-0.2, 0) is 17.8 Å². The number of carbonyl (C=O) groups is 1. The second kappa shape index (κ2) is 7.84. The maximum atomic E-state index is 11.9. The van der Waals surface area contributed by atoms with Gasteiger partial charge in [0.05, 0.1) is 25.3 Å². The predicted molar refractivity (Wildman–Crippen MR) is 92.7 cm³/mol. The van der Waals surface area contributed by atoms with Crippen LogP contribution in [0.2, 0.25) is 5.02 Å². The molecule has 0 saturated carbocycles. The summed E-state index contributed by atoms with van der Waals surface area (Å²) in [6, 6.07) is 9.47. The number of carbonyl (C=O) groups excluding carboxylic acids is 1. The van der Waals surface area contributed by atoms with Crippen molar-refractivity contribution >= 4 is 17.5 Å². The van der Waals surface area contributed by atoms with Crippen LogP contribution >= 0.6 is 11.6 Å². The Morgan fingerprint density at radius 1 is 1.29 bits per heavy atom. The smallest absolute Gasteiger partial charge is 0.220 e. The minimum absolute atomic E-state index is 0.0252. The summed E-state index contributed by atoms with van der Waals surface area (Å²) in [6.07, 6.45) is 8.15. The van der Waals surface area contributed by atoms with Gasteiger partial charge >= 0.3 is 0 Å². The Kier molecular flexibility index (Phi) is 5.33. The van der Waals surface area contributed by atoms with E-state index in [-0.39, 0.29) is 5.91 Å². The Balaban J connectivity index is 1.40. The van der Waals surface area contributed by atoms with E-state index in [4.69, 9.17) is 16.0 Å². The molecule has 1 N–H and O–H groups in total. The molecule has 2 aromatic heterocycles. The van der Waals surface area contributed by atoms with E-state index in [1.165, 1.54) is 0 Å². The van der Waals surface area contributed by atoms with Crippen molar-refractivity contribution in [3.63, 3.8) is 0 Å². The fraction of sp³-hybridized carbons (Fsp3) is 0.222. The molecule has 0 spiro atoms. The van der Waals surface area contributed by atoms with Gasteiger partial charge in [0.25, 0.3) is 0 Å². The van der Waals surface area contributed by atoms with Gasteiger partial charge in [-0.3, -0.25) is 9.48 Å². The van der Waals surface area contributed by atoms with Crippen LogP contribution in [0.5, 0.6) is 0 Å². The molecule has 0 aliphatic rings. The lowest BCUT2D eigenvalue weighted by Gasteiger charge is -2.06. The molecule has 0 radical (unpaired) electrons. The summed E-state index contributed by atoms with van der Waals surface area (Å²) in [5.74, 6) is 0.0252. The lowest BCUT2D eigenvalue weighted by atomic mass is 10.1. The molecule has 0 aliphatic heterocycles. The molecule has 3 aromatic rings. The van der Waals surface area contributed by atoms with Gasteiger partial charge in [-0.25, -0.2) is 0 Å². The van der Waals surface area contributed by atoms with Gasteiger partial charge in [0.15, 0.2) is 0 Å². The minimum Gasteiger partial charge on any atom is -0.472 e. The van der Waals surface area contributed by atoms with Gasteiger partial charge in [-0.15, -0.1) is 0 Å². The lowest BCUT2D eigenvalue weighted by molar-refractivity contribution is -0.121. The molecule has 3 rings (SSSR count). The zero-order chi connectivity index (χ0) is 16.8. The van der Waals surface area contributed by atoms with E-state index >= 15 is 0 Å². The Morgan fingerprint density at radius 2 is 2.21 bits per heavy atom. The number of amides is 1. The zero-order valence-corrected chi connectivity index (χ0v) is 13.9. The molecule has 124 valence electrons. The van der Waals surface area contributed by atoms with Crippen LogP contribution in [0.25, 0.3) is 11.1 Å². The van der Waals surface area contributed by atoms with Gasteiger partial charge < -0.3 is 9.73 Å². The molecular formula is C18H18ClN3O2. The monoisotopic (exact) mass is 343 g/mol. The average Bonchev–Trinajstić information content (AvgIpc) is 3.24. The molecule has 0 atom stereocenters. The third-order valence-electron chi connectivity index (χ3n) is 3.68. The number of halogens is 1. The van der Waals surface area contributed by atoms with Gasteiger partial charge in [0, 0.05) is 35.3 Å². The maximum absolute atomic E-state index is 11.9. The van der Waals surface area contributed by atoms with E-state index in [0.717, 1.165) is 16.7 Å². The van der Waals surface area contributed by atoms with Crippen LogP contribution < -0.4 is 5.32 Å². The molecular weight excluding hydrogens is 326 g/mol. The molecule has 0 unspecified atom stereocenters. The fourth-order valence-electron chi connectivity index (χ4n) is 2.41. The van der Waals surface area contributed by atoms with Crippen LogP contribution in [0.3, 0.4) is 0 Å². The summed E-state index contributed by atoms with van der Waals surface area (Å²) in [6.45, 7) is 1.17. The number of aryl methyl sites for hydroxylation is 1. The van der Waals surface area contributed by atoms with E-state index in [1.54, 1.807) is 23.4 Å². The average molecular weight is 344 g/mol. The number of nitrogens with zero attached hydrogens (tertiary/aromatic N) is 2. The molecule has 24 heavy (non-hydrogen) atoms. The van der Waals surface area contributed by atoms with Crippen molar-refractivity contribution in [3.05, 3.63) is 65.8 Å². The number of rotatable bonds is 7. The highest BCUT2D eigenvalue weighted by atomic mass is 35.5. The van der Waals surface area contributed by atoms with Crippen molar-refractivity contribution in [2.45, 2.75) is 19.4 Å². The third-order valence-corrected chi connectivity index (χ3v) is 3.92.